The van der Waals surface area contributed by atoms with E-state index in [-0.39, 0.29) is 18.1 Å². The van der Waals surface area contributed by atoms with Crippen molar-refractivity contribution in [2.45, 2.75) is 62.8 Å². The van der Waals surface area contributed by atoms with Gasteiger partial charge in [-0.25, -0.2) is 0 Å². The molecule has 4 atom stereocenters. The highest BCUT2D eigenvalue weighted by molar-refractivity contribution is 6.01. The van der Waals surface area contributed by atoms with Crippen LogP contribution in [-0.4, -0.2) is 50.6 Å². The number of aromatic amines is 1. The average Bonchev–Trinajstić information content (AvgIpc) is 3.67. The predicted octanol–water partition coefficient (Wildman–Crippen LogP) is 5.04. The third-order valence-corrected chi connectivity index (χ3v) is 8.51. The first-order valence-electron chi connectivity index (χ1n) is 13.9. The molecule has 2 aliphatic heterocycles. The second kappa shape index (κ2) is 9.84. The maximum Gasteiger partial charge on any atom is 0.251 e. The number of rotatable bonds is 8. The number of hydrogen-bond acceptors (Lipinski definition) is 5. The molecule has 1 aliphatic carbocycles. The molecule has 4 aromatic rings. The van der Waals surface area contributed by atoms with E-state index in [0.29, 0.717) is 23.6 Å². The standard InChI is InChI=1S/C31H31N5O3/c37-18-36-22-9-10-23(36)17-25(16-22)39-24-11-6-19(7-12-24)29-26-15-21(8-13-27(26)34-35-29)31(38)33-30(20-4-5-20)28-3-1-2-14-32-28/h1-3,6-8,11-15,18,20,22-23,25,30H,4-5,9-10,16-17H2,(H,33,38)(H,34,35)/t22-,23+,25-,30-/m0/s1. The summed E-state index contributed by atoms with van der Waals surface area (Å²) >= 11 is 0. The van der Waals surface area contributed by atoms with E-state index in [2.05, 4.69) is 20.5 Å². The summed E-state index contributed by atoms with van der Waals surface area (Å²) in [5, 5.41) is 11.8. The molecule has 8 heteroatoms. The third kappa shape index (κ3) is 4.64. The van der Waals surface area contributed by atoms with Crippen molar-refractivity contribution in [3.63, 3.8) is 0 Å². The van der Waals surface area contributed by atoms with E-state index in [0.717, 1.165) is 78.5 Å². The largest absolute Gasteiger partial charge is 0.490 e. The predicted molar refractivity (Wildman–Crippen MR) is 147 cm³/mol. The molecular weight excluding hydrogens is 490 g/mol. The highest BCUT2D eigenvalue weighted by atomic mass is 16.5. The summed E-state index contributed by atoms with van der Waals surface area (Å²) in [7, 11) is 0. The third-order valence-electron chi connectivity index (χ3n) is 8.51. The number of amides is 2. The summed E-state index contributed by atoms with van der Waals surface area (Å²) in [6, 6.07) is 20.0. The Morgan fingerprint density at radius 2 is 1.82 bits per heavy atom. The number of fused-ring (bicyclic) bond motifs is 3. The SMILES string of the molecule is O=CN1[C@@H]2CC[C@H]1C[C@H](Oc1ccc(-c3n[nH]c4ccc(C(=O)N[C@H](c5ccccn5)C5CC5)cc34)cc1)C2. The average molecular weight is 522 g/mol. The van der Waals surface area contributed by atoms with Gasteiger partial charge in [-0.15, -0.1) is 0 Å². The number of piperidine rings is 1. The van der Waals surface area contributed by atoms with E-state index in [1.807, 2.05) is 65.6 Å². The summed E-state index contributed by atoms with van der Waals surface area (Å²) in [6.07, 6.45) is 9.01. The van der Waals surface area contributed by atoms with Gasteiger partial charge in [-0.05, 0) is 86.2 Å². The Hall–Kier alpha value is -4.20. The van der Waals surface area contributed by atoms with E-state index in [1.54, 1.807) is 6.20 Å². The Morgan fingerprint density at radius 3 is 2.51 bits per heavy atom. The van der Waals surface area contributed by atoms with Crippen LogP contribution in [0, 0.1) is 5.92 Å². The van der Waals surface area contributed by atoms with Gasteiger partial charge in [0, 0.05) is 47.6 Å². The smallest absolute Gasteiger partial charge is 0.251 e. The van der Waals surface area contributed by atoms with Gasteiger partial charge in [0.25, 0.3) is 5.91 Å². The van der Waals surface area contributed by atoms with Crippen LogP contribution >= 0.6 is 0 Å². The van der Waals surface area contributed by atoms with Crippen molar-refractivity contribution in [2.24, 2.45) is 5.92 Å². The topological polar surface area (TPSA) is 100 Å². The minimum Gasteiger partial charge on any atom is -0.490 e. The molecule has 2 amide bonds. The van der Waals surface area contributed by atoms with Crippen molar-refractivity contribution in [2.75, 3.05) is 0 Å². The molecule has 0 spiro atoms. The second-order valence-electron chi connectivity index (χ2n) is 11.0. The summed E-state index contributed by atoms with van der Waals surface area (Å²) in [4.78, 5) is 31.1. The molecule has 7 rings (SSSR count). The summed E-state index contributed by atoms with van der Waals surface area (Å²) in [6.45, 7) is 0. The number of H-pyrrole nitrogens is 1. The van der Waals surface area contributed by atoms with Gasteiger partial charge in [0.05, 0.1) is 22.9 Å². The van der Waals surface area contributed by atoms with Crippen molar-refractivity contribution in [3.8, 4) is 17.0 Å². The molecule has 0 unspecified atom stereocenters. The number of nitrogens with zero attached hydrogens (tertiary/aromatic N) is 3. The van der Waals surface area contributed by atoms with Crippen LogP contribution in [-0.2, 0) is 4.79 Å². The van der Waals surface area contributed by atoms with E-state index in [9.17, 15) is 9.59 Å². The van der Waals surface area contributed by atoms with Crippen molar-refractivity contribution in [3.05, 3.63) is 78.1 Å². The monoisotopic (exact) mass is 521 g/mol. The molecule has 2 saturated heterocycles. The Labute approximate surface area is 226 Å². The fourth-order valence-corrected chi connectivity index (χ4v) is 6.34. The Morgan fingerprint density at radius 1 is 1.03 bits per heavy atom. The molecule has 8 nitrogen and oxygen atoms in total. The Kier molecular flexibility index (Phi) is 6.02. The zero-order chi connectivity index (χ0) is 26.3. The number of ether oxygens (including phenoxy) is 1. The van der Waals surface area contributed by atoms with Gasteiger partial charge >= 0.3 is 0 Å². The van der Waals surface area contributed by atoms with Gasteiger partial charge in [-0.1, -0.05) is 6.07 Å². The maximum atomic E-state index is 13.3. The molecule has 2 bridgehead atoms. The van der Waals surface area contributed by atoms with E-state index in [1.165, 1.54) is 0 Å². The van der Waals surface area contributed by atoms with Crippen LogP contribution in [0.25, 0.3) is 22.2 Å². The maximum absolute atomic E-state index is 13.3. The first-order chi connectivity index (χ1) is 19.2. The van der Waals surface area contributed by atoms with Crippen molar-refractivity contribution < 1.29 is 14.3 Å². The quantitative estimate of drug-likeness (QED) is 0.317. The first-order valence-corrected chi connectivity index (χ1v) is 13.9. The molecule has 4 heterocycles. The van der Waals surface area contributed by atoms with Crippen LogP contribution in [0.3, 0.4) is 0 Å². The molecule has 3 fully saturated rings. The first kappa shape index (κ1) is 23.9. The lowest BCUT2D eigenvalue weighted by molar-refractivity contribution is -0.123. The van der Waals surface area contributed by atoms with Gasteiger partial charge in [0.15, 0.2) is 0 Å². The Balaban J connectivity index is 1.08. The van der Waals surface area contributed by atoms with Crippen LogP contribution in [0.5, 0.6) is 5.75 Å². The minimum absolute atomic E-state index is 0.0772. The number of carbonyl (C=O) groups is 2. The summed E-state index contributed by atoms with van der Waals surface area (Å²) < 4.78 is 6.31. The lowest BCUT2D eigenvalue weighted by Gasteiger charge is -2.36. The number of benzene rings is 2. The number of hydrogen-bond donors (Lipinski definition) is 2. The lowest BCUT2D eigenvalue weighted by Crippen LogP contribution is -2.45. The van der Waals surface area contributed by atoms with Crippen molar-refractivity contribution in [1.29, 1.82) is 0 Å². The second-order valence-corrected chi connectivity index (χ2v) is 11.0. The number of carbonyl (C=O) groups excluding carboxylic acids is 2. The molecule has 0 radical (unpaired) electrons. The zero-order valence-corrected chi connectivity index (χ0v) is 21.6. The minimum atomic E-state index is -0.107. The normalized spacial score (nSPS) is 23.0. The number of nitrogens with one attached hydrogen (secondary N) is 2. The van der Waals surface area contributed by atoms with Gasteiger partial charge in [-0.2, -0.15) is 5.10 Å². The molecule has 2 N–H and O–H groups in total. The van der Waals surface area contributed by atoms with Crippen LogP contribution in [0.4, 0.5) is 0 Å². The summed E-state index contributed by atoms with van der Waals surface area (Å²) in [5.41, 5.74) is 4.13. The molecule has 2 aromatic heterocycles. The molecule has 1 saturated carbocycles. The zero-order valence-electron chi connectivity index (χ0n) is 21.6. The van der Waals surface area contributed by atoms with Crippen LogP contribution in [0.2, 0.25) is 0 Å². The molecule has 2 aromatic carbocycles. The van der Waals surface area contributed by atoms with Crippen LogP contribution in [0.15, 0.2) is 66.9 Å². The van der Waals surface area contributed by atoms with Crippen LogP contribution in [0.1, 0.15) is 60.6 Å². The van der Waals surface area contributed by atoms with Gasteiger partial charge in [-0.3, -0.25) is 19.7 Å². The summed E-state index contributed by atoms with van der Waals surface area (Å²) in [5.74, 6) is 1.15. The van der Waals surface area contributed by atoms with Gasteiger partial charge in [0.2, 0.25) is 6.41 Å². The number of pyridine rings is 1. The molecular formula is C31H31N5O3. The van der Waals surface area contributed by atoms with Gasteiger partial charge in [0.1, 0.15) is 11.9 Å². The van der Waals surface area contributed by atoms with Gasteiger partial charge < -0.3 is 15.0 Å². The fraction of sp³-hybridized carbons (Fsp3) is 0.355. The highest BCUT2D eigenvalue weighted by Gasteiger charge is 2.41. The van der Waals surface area contributed by atoms with Crippen molar-refractivity contribution in [1.82, 2.24) is 25.4 Å². The Bertz CT molecular complexity index is 1480. The lowest BCUT2D eigenvalue weighted by atomic mass is 10.0. The van der Waals surface area contributed by atoms with E-state index < -0.39 is 0 Å². The van der Waals surface area contributed by atoms with Crippen LogP contribution < -0.4 is 10.1 Å². The van der Waals surface area contributed by atoms with Crippen molar-refractivity contribution >= 4 is 23.2 Å². The fourth-order valence-electron chi connectivity index (χ4n) is 6.34. The van der Waals surface area contributed by atoms with E-state index in [4.69, 9.17) is 4.74 Å². The molecule has 198 valence electrons. The number of aromatic nitrogens is 3. The van der Waals surface area contributed by atoms with E-state index >= 15 is 0 Å². The molecule has 3 aliphatic rings. The molecule has 39 heavy (non-hydrogen) atoms. The highest BCUT2D eigenvalue weighted by Crippen LogP contribution is 2.41.